The van der Waals surface area contributed by atoms with Crippen molar-refractivity contribution in [2.75, 3.05) is 17.2 Å². The number of rotatable bonds is 6. The van der Waals surface area contributed by atoms with Gasteiger partial charge in [-0.15, -0.1) is 0 Å². The number of benzene rings is 2. The molecule has 1 aliphatic carbocycles. The summed E-state index contributed by atoms with van der Waals surface area (Å²) >= 11 is 0. The highest BCUT2D eigenvalue weighted by Gasteiger charge is 2.29. The van der Waals surface area contributed by atoms with E-state index in [1.807, 2.05) is 31.2 Å². The molecular formula is C24H29N3O3. The molecule has 158 valence electrons. The molecule has 1 saturated carbocycles. The van der Waals surface area contributed by atoms with Crippen LogP contribution in [0, 0.1) is 12.8 Å². The zero-order valence-electron chi connectivity index (χ0n) is 18.0. The van der Waals surface area contributed by atoms with Crippen molar-refractivity contribution < 1.29 is 14.4 Å². The maximum Gasteiger partial charge on any atom is 0.251 e. The molecule has 2 aromatic rings. The van der Waals surface area contributed by atoms with Gasteiger partial charge >= 0.3 is 0 Å². The van der Waals surface area contributed by atoms with Crippen LogP contribution in [-0.4, -0.2) is 24.3 Å². The molecule has 0 aromatic heterocycles. The molecule has 6 nitrogen and oxygen atoms in total. The highest BCUT2D eigenvalue weighted by Crippen LogP contribution is 2.30. The summed E-state index contributed by atoms with van der Waals surface area (Å²) in [7, 11) is 0. The minimum Gasteiger partial charge on any atom is -0.343 e. The standard InChI is InChI=1S/C24H29N3O3/c1-15-5-12-19(26-23(30)17-6-7-17)13-20(15)27-21(28)14-25-22(29)16-8-10-18(11-9-16)24(2,3)4/h5,8-13,17H,6-7,14H2,1-4H3,(H,25,29)(H,26,30)(H,27,28). The molecule has 3 N–H and O–H groups in total. The van der Waals surface area contributed by atoms with Gasteiger partial charge in [0.25, 0.3) is 5.91 Å². The zero-order valence-corrected chi connectivity index (χ0v) is 18.0. The number of anilines is 2. The van der Waals surface area contributed by atoms with Crippen LogP contribution in [0.3, 0.4) is 0 Å². The highest BCUT2D eigenvalue weighted by molar-refractivity contribution is 6.00. The number of aryl methyl sites for hydroxylation is 1. The summed E-state index contributed by atoms with van der Waals surface area (Å²) in [6.07, 6.45) is 1.86. The molecule has 0 unspecified atom stereocenters. The van der Waals surface area contributed by atoms with Gasteiger partial charge in [0.1, 0.15) is 0 Å². The monoisotopic (exact) mass is 407 g/mol. The lowest BCUT2D eigenvalue weighted by Crippen LogP contribution is -2.33. The number of carbonyl (C=O) groups excluding carboxylic acids is 3. The van der Waals surface area contributed by atoms with Crippen LogP contribution in [0.5, 0.6) is 0 Å². The van der Waals surface area contributed by atoms with Crippen LogP contribution < -0.4 is 16.0 Å². The predicted octanol–water partition coefficient (Wildman–Crippen LogP) is 4.01. The van der Waals surface area contributed by atoms with Crippen molar-refractivity contribution in [2.45, 2.75) is 46.0 Å². The molecule has 0 radical (unpaired) electrons. The van der Waals surface area contributed by atoms with Gasteiger partial charge in [-0.2, -0.15) is 0 Å². The molecule has 1 aliphatic rings. The summed E-state index contributed by atoms with van der Waals surface area (Å²) < 4.78 is 0. The lowest BCUT2D eigenvalue weighted by molar-refractivity contribution is -0.117. The number of amides is 3. The van der Waals surface area contributed by atoms with E-state index in [1.54, 1.807) is 18.2 Å². The Kier molecular flexibility index (Phi) is 6.25. The largest absolute Gasteiger partial charge is 0.343 e. The van der Waals surface area contributed by atoms with Crippen LogP contribution in [0.2, 0.25) is 0 Å². The van der Waals surface area contributed by atoms with Crippen molar-refractivity contribution in [3.63, 3.8) is 0 Å². The van der Waals surface area contributed by atoms with E-state index >= 15 is 0 Å². The third-order valence-electron chi connectivity index (χ3n) is 5.15. The van der Waals surface area contributed by atoms with Gasteiger partial charge in [0.2, 0.25) is 11.8 Å². The Morgan fingerprint density at radius 2 is 1.63 bits per heavy atom. The van der Waals surface area contributed by atoms with Crippen LogP contribution >= 0.6 is 0 Å². The first-order chi connectivity index (χ1) is 14.1. The van der Waals surface area contributed by atoms with E-state index in [9.17, 15) is 14.4 Å². The van der Waals surface area contributed by atoms with Gasteiger partial charge in [-0.05, 0) is 60.6 Å². The van der Waals surface area contributed by atoms with Crippen LogP contribution in [0.4, 0.5) is 11.4 Å². The summed E-state index contributed by atoms with van der Waals surface area (Å²) in [6.45, 7) is 8.07. The highest BCUT2D eigenvalue weighted by atomic mass is 16.2. The summed E-state index contributed by atoms with van der Waals surface area (Å²) in [5.41, 5.74) is 3.79. The molecule has 0 atom stereocenters. The van der Waals surface area contributed by atoms with Crippen molar-refractivity contribution in [3.8, 4) is 0 Å². The van der Waals surface area contributed by atoms with Crippen molar-refractivity contribution in [1.29, 1.82) is 0 Å². The van der Waals surface area contributed by atoms with Gasteiger partial charge in [-0.3, -0.25) is 14.4 Å². The van der Waals surface area contributed by atoms with Crippen LogP contribution in [0.15, 0.2) is 42.5 Å². The fourth-order valence-electron chi connectivity index (χ4n) is 3.00. The first kappa shape index (κ1) is 21.6. The Morgan fingerprint density at radius 1 is 0.967 bits per heavy atom. The average molecular weight is 408 g/mol. The SMILES string of the molecule is Cc1ccc(NC(=O)C2CC2)cc1NC(=O)CNC(=O)c1ccc(C(C)(C)C)cc1. The predicted molar refractivity (Wildman–Crippen MR) is 119 cm³/mol. The first-order valence-corrected chi connectivity index (χ1v) is 10.2. The van der Waals surface area contributed by atoms with Crippen molar-refractivity contribution in [3.05, 3.63) is 59.2 Å². The van der Waals surface area contributed by atoms with Crippen LogP contribution in [-0.2, 0) is 15.0 Å². The molecule has 0 aliphatic heterocycles. The van der Waals surface area contributed by atoms with Crippen molar-refractivity contribution >= 4 is 29.1 Å². The summed E-state index contributed by atoms with van der Waals surface area (Å²) in [5.74, 6) is -0.505. The van der Waals surface area contributed by atoms with Gasteiger partial charge in [0.15, 0.2) is 0 Å². The zero-order chi connectivity index (χ0) is 21.9. The molecule has 1 fully saturated rings. The molecule has 2 aromatic carbocycles. The maximum atomic E-state index is 12.3. The Hall–Kier alpha value is -3.15. The molecule has 3 amide bonds. The Morgan fingerprint density at radius 3 is 2.23 bits per heavy atom. The van der Waals surface area contributed by atoms with Gasteiger partial charge in [0.05, 0.1) is 6.54 Å². The molecule has 0 saturated heterocycles. The van der Waals surface area contributed by atoms with Crippen molar-refractivity contribution in [1.82, 2.24) is 5.32 Å². The van der Waals surface area contributed by atoms with Gasteiger partial charge in [-0.25, -0.2) is 0 Å². The molecule has 30 heavy (non-hydrogen) atoms. The average Bonchev–Trinajstić information content (AvgIpc) is 3.53. The van der Waals surface area contributed by atoms with Crippen LogP contribution in [0.25, 0.3) is 0 Å². The third kappa shape index (κ3) is 5.69. The van der Waals surface area contributed by atoms with Crippen molar-refractivity contribution in [2.24, 2.45) is 5.92 Å². The number of nitrogens with one attached hydrogen (secondary N) is 3. The molecule has 0 bridgehead atoms. The molecule has 0 heterocycles. The Balaban J connectivity index is 1.55. The second-order valence-electron chi connectivity index (χ2n) is 8.85. The summed E-state index contributed by atoms with van der Waals surface area (Å²) in [6, 6.07) is 12.8. The number of hydrogen-bond donors (Lipinski definition) is 3. The maximum absolute atomic E-state index is 12.3. The van der Waals surface area contributed by atoms with E-state index in [1.165, 1.54) is 0 Å². The summed E-state index contributed by atoms with van der Waals surface area (Å²) in [5, 5.41) is 8.32. The Labute approximate surface area is 177 Å². The fraction of sp³-hybridized carbons (Fsp3) is 0.375. The second kappa shape index (κ2) is 8.69. The molecule has 6 heteroatoms. The quantitative estimate of drug-likeness (QED) is 0.676. The molecule has 3 rings (SSSR count). The second-order valence-corrected chi connectivity index (χ2v) is 8.85. The van der Waals surface area contributed by atoms with Gasteiger partial charge in [0, 0.05) is 22.9 Å². The van der Waals surface area contributed by atoms with E-state index in [0.29, 0.717) is 16.9 Å². The topological polar surface area (TPSA) is 87.3 Å². The van der Waals surface area contributed by atoms with Gasteiger partial charge < -0.3 is 16.0 Å². The first-order valence-electron chi connectivity index (χ1n) is 10.2. The minimum atomic E-state index is -0.330. The minimum absolute atomic E-state index is 0.0133. The lowest BCUT2D eigenvalue weighted by Gasteiger charge is -2.19. The lowest BCUT2D eigenvalue weighted by atomic mass is 9.87. The van der Waals surface area contributed by atoms with E-state index in [-0.39, 0.29) is 35.6 Å². The van der Waals surface area contributed by atoms with Gasteiger partial charge in [-0.1, -0.05) is 39.0 Å². The van der Waals surface area contributed by atoms with Crippen LogP contribution in [0.1, 0.15) is 55.1 Å². The van der Waals surface area contributed by atoms with E-state index < -0.39 is 0 Å². The smallest absolute Gasteiger partial charge is 0.251 e. The number of carbonyl (C=O) groups is 3. The van der Waals surface area contributed by atoms with E-state index in [2.05, 4.69) is 36.7 Å². The van der Waals surface area contributed by atoms with E-state index in [0.717, 1.165) is 24.0 Å². The normalized spacial score (nSPS) is 13.5. The third-order valence-corrected chi connectivity index (χ3v) is 5.15. The molecule has 0 spiro atoms. The summed E-state index contributed by atoms with van der Waals surface area (Å²) in [4.78, 5) is 36.6. The fourth-order valence-corrected chi connectivity index (χ4v) is 3.00. The van der Waals surface area contributed by atoms with E-state index in [4.69, 9.17) is 0 Å². The number of hydrogen-bond acceptors (Lipinski definition) is 3. The molecular weight excluding hydrogens is 378 g/mol. The Bertz CT molecular complexity index is 955.